The van der Waals surface area contributed by atoms with Gasteiger partial charge in [-0.25, -0.2) is 18.7 Å². The van der Waals surface area contributed by atoms with E-state index >= 15 is 0 Å². The molecule has 0 atom stereocenters. The maximum Gasteiger partial charge on any atom is 0.184 e. The average Bonchev–Trinajstić information content (AvgIpc) is 3.59. The van der Waals surface area contributed by atoms with Crippen LogP contribution in [0.25, 0.3) is 11.5 Å². The van der Waals surface area contributed by atoms with E-state index in [2.05, 4.69) is 30.6 Å². The highest BCUT2D eigenvalue weighted by Gasteiger charge is 2.32. The first kappa shape index (κ1) is 22.6. The van der Waals surface area contributed by atoms with Crippen molar-refractivity contribution in [1.29, 1.82) is 0 Å². The van der Waals surface area contributed by atoms with Gasteiger partial charge >= 0.3 is 0 Å². The van der Waals surface area contributed by atoms with Gasteiger partial charge in [0.2, 0.25) is 0 Å². The molecule has 35 heavy (non-hydrogen) atoms. The first-order valence-corrected chi connectivity index (χ1v) is 11.3. The summed E-state index contributed by atoms with van der Waals surface area (Å²) >= 11 is 0. The molecule has 0 aliphatic heterocycles. The van der Waals surface area contributed by atoms with E-state index in [1.54, 1.807) is 36.1 Å². The van der Waals surface area contributed by atoms with Gasteiger partial charge in [0.1, 0.15) is 34.7 Å². The first-order chi connectivity index (χ1) is 16.9. The molecule has 0 bridgehead atoms. The Balaban J connectivity index is 1.52. The number of benzene rings is 1. The molecule has 0 spiro atoms. The molecule has 0 saturated heterocycles. The normalized spacial score (nSPS) is 13.1. The second-order valence-electron chi connectivity index (χ2n) is 8.35. The quantitative estimate of drug-likeness (QED) is 0.384. The summed E-state index contributed by atoms with van der Waals surface area (Å²) in [5.41, 5.74) is 8.96. The van der Waals surface area contributed by atoms with E-state index in [9.17, 15) is 8.78 Å². The minimum Gasteiger partial charge on any atom is -0.494 e. The molecule has 1 aliphatic rings. The van der Waals surface area contributed by atoms with Crippen molar-refractivity contribution in [3.63, 3.8) is 0 Å². The minimum absolute atomic E-state index is 0.0626. The Labute approximate surface area is 200 Å². The van der Waals surface area contributed by atoms with Crippen molar-refractivity contribution < 1.29 is 13.5 Å². The van der Waals surface area contributed by atoms with E-state index in [0.29, 0.717) is 29.6 Å². The highest BCUT2D eigenvalue weighted by molar-refractivity contribution is 5.64. The molecule has 0 unspecified atom stereocenters. The van der Waals surface area contributed by atoms with Crippen LogP contribution in [-0.2, 0) is 6.54 Å². The predicted molar refractivity (Wildman–Crippen MR) is 126 cm³/mol. The van der Waals surface area contributed by atoms with Gasteiger partial charge in [0, 0.05) is 40.9 Å². The molecule has 0 radical (unpaired) electrons. The molecule has 1 aromatic carbocycles. The third-order valence-electron chi connectivity index (χ3n) is 5.75. The number of nitrogens with two attached hydrogens (primary N) is 1. The SMILES string of the molecule is CCOc1cc(F)c(Cn2nc(-c3nc(N)cc(Nc4ccnnc4)n3)c(C)c2C2CC2)c(F)c1. The number of nitrogens with zero attached hydrogens (tertiary/aromatic N) is 6. The first-order valence-electron chi connectivity index (χ1n) is 11.3. The summed E-state index contributed by atoms with van der Waals surface area (Å²) in [6.45, 7) is 3.93. The monoisotopic (exact) mass is 478 g/mol. The zero-order valence-corrected chi connectivity index (χ0v) is 19.3. The van der Waals surface area contributed by atoms with Gasteiger partial charge in [-0.3, -0.25) is 4.68 Å². The summed E-state index contributed by atoms with van der Waals surface area (Å²) < 4.78 is 36.5. The van der Waals surface area contributed by atoms with Crippen LogP contribution in [0.15, 0.2) is 36.7 Å². The van der Waals surface area contributed by atoms with Gasteiger partial charge in [-0.2, -0.15) is 15.3 Å². The summed E-state index contributed by atoms with van der Waals surface area (Å²) in [6, 6.07) is 5.74. The van der Waals surface area contributed by atoms with Crippen LogP contribution in [0.2, 0.25) is 0 Å². The Morgan fingerprint density at radius 3 is 2.57 bits per heavy atom. The van der Waals surface area contributed by atoms with Gasteiger partial charge in [-0.1, -0.05) is 0 Å². The summed E-state index contributed by atoms with van der Waals surface area (Å²) in [5, 5.41) is 15.4. The highest BCUT2D eigenvalue weighted by atomic mass is 19.1. The molecule has 1 saturated carbocycles. The Bertz CT molecular complexity index is 1350. The zero-order chi connectivity index (χ0) is 24.5. The molecular weight excluding hydrogens is 454 g/mol. The number of anilines is 3. The summed E-state index contributed by atoms with van der Waals surface area (Å²) in [7, 11) is 0. The Morgan fingerprint density at radius 2 is 1.91 bits per heavy atom. The van der Waals surface area contributed by atoms with Crippen LogP contribution in [0.1, 0.15) is 42.5 Å². The van der Waals surface area contributed by atoms with Crippen molar-refractivity contribution in [3.05, 3.63) is 65.1 Å². The van der Waals surface area contributed by atoms with E-state index < -0.39 is 11.6 Å². The van der Waals surface area contributed by atoms with Crippen molar-refractivity contribution in [2.45, 2.75) is 39.2 Å². The number of aromatic nitrogens is 6. The van der Waals surface area contributed by atoms with Gasteiger partial charge in [0.25, 0.3) is 0 Å². The summed E-state index contributed by atoms with van der Waals surface area (Å²) in [6.07, 6.45) is 5.09. The Hall–Kier alpha value is -4.15. The molecule has 3 aromatic heterocycles. The van der Waals surface area contributed by atoms with Crippen LogP contribution < -0.4 is 15.8 Å². The highest BCUT2D eigenvalue weighted by Crippen LogP contribution is 2.44. The van der Waals surface area contributed by atoms with E-state index in [-0.39, 0.29) is 29.6 Å². The molecule has 11 heteroatoms. The lowest BCUT2D eigenvalue weighted by molar-refractivity contribution is 0.335. The second-order valence-corrected chi connectivity index (χ2v) is 8.35. The fourth-order valence-corrected chi connectivity index (χ4v) is 4.05. The lowest BCUT2D eigenvalue weighted by Gasteiger charge is -2.11. The number of ether oxygens (including phenoxy) is 1. The maximum atomic E-state index is 14.8. The van der Waals surface area contributed by atoms with Crippen molar-refractivity contribution in [2.75, 3.05) is 17.7 Å². The number of nitrogen functional groups attached to an aromatic ring is 1. The molecule has 5 rings (SSSR count). The maximum absolute atomic E-state index is 14.8. The largest absolute Gasteiger partial charge is 0.494 e. The minimum atomic E-state index is -0.678. The molecule has 4 aromatic rings. The molecular formula is C24H24F2N8O. The third-order valence-corrected chi connectivity index (χ3v) is 5.75. The van der Waals surface area contributed by atoms with E-state index in [1.807, 2.05) is 6.92 Å². The molecule has 180 valence electrons. The number of hydrogen-bond donors (Lipinski definition) is 2. The van der Waals surface area contributed by atoms with Gasteiger partial charge in [-0.15, -0.1) is 0 Å². The Kier molecular flexibility index (Phi) is 5.98. The van der Waals surface area contributed by atoms with Gasteiger partial charge in [0.15, 0.2) is 5.82 Å². The Morgan fingerprint density at radius 1 is 1.14 bits per heavy atom. The molecule has 1 aliphatic carbocycles. The van der Waals surface area contributed by atoms with E-state index in [1.165, 1.54) is 12.1 Å². The number of hydrogen-bond acceptors (Lipinski definition) is 8. The van der Waals surface area contributed by atoms with Crippen molar-refractivity contribution >= 4 is 17.3 Å². The van der Waals surface area contributed by atoms with Crippen LogP contribution in [0.3, 0.4) is 0 Å². The van der Waals surface area contributed by atoms with Gasteiger partial charge in [-0.05, 0) is 32.8 Å². The molecule has 1 fully saturated rings. The van der Waals surface area contributed by atoms with Gasteiger partial charge in [0.05, 0.1) is 31.2 Å². The van der Waals surface area contributed by atoms with Crippen molar-refractivity contribution in [2.24, 2.45) is 0 Å². The van der Waals surface area contributed by atoms with Crippen LogP contribution in [-0.4, -0.2) is 36.6 Å². The molecule has 0 amide bonds. The standard InChI is InChI=1S/C24H24F2N8O/c1-3-35-16-8-18(25)17(19(26)9-16)12-34-23(14-4-5-14)13(2)22(33-34)24-31-20(27)10-21(32-24)30-15-6-7-28-29-11-15/h6-11,14H,3-5,12H2,1-2H3,(H3,27,28,30,31,32). The zero-order valence-electron chi connectivity index (χ0n) is 19.3. The molecule has 3 heterocycles. The average molecular weight is 479 g/mol. The number of rotatable bonds is 8. The van der Waals surface area contributed by atoms with Crippen LogP contribution >= 0.6 is 0 Å². The fourth-order valence-electron chi connectivity index (χ4n) is 4.05. The van der Waals surface area contributed by atoms with Crippen molar-refractivity contribution in [3.8, 4) is 17.3 Å². The molecule has 9 nitrogen and oxygen atoms in total. The summed E-state index contributed by atoms with van der Waals surface area (Å²) in [5.74, 6) is 0.108. The third kappa shape index (κ3) is 4.75. The predicted octanol–water partition coefficient (Wildman–Crippen LogP) is 4.37. The lowest BCUT2D eigenvalue weighted by atomic mass is 10.1. The summed E-state index contributed by atoms with van der Waals surface area (Å²) in [4.78, 5) is 8.95. The van der Waals surface area contributed by atoms with Gasteiger partial charge < -0.3 is 15.8 Å². The van der Waals surface area contributed by atoms with Crippen molar-refractivity contribution in [1.82, 2.24) is 29.9 Å². The number of nitrogens with one attached hydrogen (secondary N) is 1. The molecule has 3 N–H and O–H groups in total. The van der Waals surface area contributed by atoms with Crippen LogP contribution in [0.4, 0.5) is 26.1 Å². The second kappa shape index (κ2) is 9.24. The fraction of sp³-hybridized carbons (Fsp3) is 0.292. The van der Waals surface area contributed by atoms with Crippen LogP contribution in [0.5, 0.6) is 5.75 Å². The number of halogens is 2. The van der Waals surface area contributed by atoms with E-state index in [4.69, 9.17) is 10.5 Å². The van der Waals surface area contributed by atoms with E-state index in [0.717, 1.165) is 24.1 Å². The smallest absolute Gasteiger partial charge is 0.184 e. The lowest BCUT2D eigenvalue weighted by Crippen LogP contribution is -2.10. The topological polar surface area (TPSA) is 117 Å². The van der Waals surface area contributed by atoms with Crippen LogP contribution in [0, 0.1) is 18.6 Å².